The number of rotatable bonds is 4. The summed E-state index contributed by atoms with van der Waals surface area (Å²) in [5.41, 5.74) is 3.17. The SMILES string of the molecule is O=C(Nc1ccccc1)[C@@H]1CCCC[C@@H]1C(=O)N1CC[C@@H]2[C@H](C3C=CC=CC3)Nc3ccccc3[C@@H]21. The second-order valence-corrected chi connectivity index (χ2v) is 10.8. The van der Waals surface area contributed by atoms with Crippen molar-refractivity contribution in [2.45, 2.75) is 50.6 Å². The second-order valence-electron chi connectivity index (χ2n) is 10.8. The highest BCUT2D eigenvalue weighted by atomic mass is 16.2. The van der Waals surface area contributed by atoms with Gasteiger partial charge in [-0.05, 0) is 49.4 Å². The lowest BCUT2D eigenvalue weighted by Gasteiger charge is -2.43. The number of nitrogens with zero attached hydrogens (tertiary/aromatic N) is 1. The number of carbonyl (C=O) groups excluding carboxylic acids is 2. The van der Waals surface area contributed by atoms with Gasteiger partial charge in [0.05, 0.1) is 6.04 Å². The maximum absolute atomic E-state index is 14.2. The first-order valence-electron chi connectivity index (χ1n) is 13.6. The van der Waals surface area contributed by atoms with Crippen molar-refractivity contribution in [3.05, 3.63) is 84.5 Å². The zero-order chi connectivity index (χ0) is 24.5. The average molecular weight is 482 g/mol. The maximum Gasteiger partial charge on any atom is 0.228 e. The molecule has 0 bridgehead atoms. The van der Waals surface area contributed by atoms with Crippen LogP contribution >= 0.6 is 0 Å². The molecule has 36 heavy (non-hydrogen) atoms. The topological polar surface area (TPSA) is 61.4 Å². The Morgan fingerprint density at radius 2 is 1.67 bits per heavy atom. The zero-order valence-corrected chi connectivity index (χ0v) is 20.7. The van der Waals surface area contributed by atoms with Gasteiger partial charge in [-0.3, -0.25) is 9.59 Å². The molecule has 5 heteroatoms. The molecule has 0 spiro atoms. The van der Waals surface area contributed by atoms with Gasteiger partial charge in [0.1, 0.15) is 0 Å². The predicted octanol–water partition coefficient (Wildman–Crippen LogP) is 5.95. The summed E-state index contributed by atoms with van der Waals surface area (Å²) in [7, 11) is 0. The lowest BCUT2D eigenvalue weighted by atomic mass is 9.75. The third-order valence-corrected chi connectivity index (χ3v) is 8.73. The van der Waals surface area contributed by atoms with Gasteiger partial charge in [-0.2, -0.15) is 0 Å². The van der Waals surface area contributed by atoms with Gasteiger partial charge in [0.2, 0.25) is 11.8 Å². The summed E-state index contributed by atoms with van der Waals surface area (Å²) in [6, 6.07) is 18.5. The molecule has 2 fully saturated rings. The van der Waals surface area contributed by atoms with Crippen LogP contribution in [0.5, 0.6) is 0 Å². The molecule has 2 heterocycles. The normalized spacial score (nSPS) is 30.7. The molecule has 6 atom stereocenters. The summed E-state index contributed by atoms with van der Waals surface area (Å²) < 4.78 is 0. The molecule has 2 N–H and O–H groups in total. The van der Waals surface area contributed by atoms with Crippen LogP contribution in [0.15, 0.2) is 78.9 Å². The molecule has 2 aromatic rings. The van der Waals surface area contributed by atoms with E-state index in [1.807, 2.05) is 30.3 Å². The van der Waals surface area contributed by atoms with Crippen molar-refractivity contribution < 1.29 is 9.59 Å². The molecular weight excluding hydrogens is 446 g/mol. The minimum atomic E-state index is -0.273. The Bertz CT molecular complexity index is 1170. The summed E-state index contributed by atoms with van der Waals surface area (Å²) in [6.07, 6.45) is 14.4. The van der Waals surface area contributed by atoms with Crippen molar-refractivity contribution >= 4 is 23.2 Å². The van der Waals surface area contributed by atoms with Crippen molar-refractivity contribution in [1.82, 2.24) is 4.90 Å². The standard InChI is InChI=1S/C31H35N3O2/c35-30(32-22-13-5-2-6-14-22)23-15-7-8-16-24(23)31(36)34-20-19-26-28(21-11-3-1-4-12-21)33-27-18-10-9-17-25(27)29(26)34/h1-6,9-11,13-14,17-18,21,23-24,26,28-29,33H,7-8,12,15-16,19-20H2,(H,32,35)/t21?,23-,24+,26-,28+,29+/m1/s1. The number of anilines is 2. The summed E-state index contributed by atoms with van der Waals surface area (Å²) >= 11 is 0. The highest BCUT2D eigenvalue weighted by molar-refractivity contribution is 5.96. The minimum absolute atomic E-state index is 0.0160. The van der Waals surface area contributed by atoms with Gasteiger partial charge in [0.25, 0.3) is 0 Å². The van der Waals surface area contributed by atoms with E-state index < -0.39 is 0 Å². The van der Waals surface area contributed by atoms with E-state index in [1.54, 1.807) is 0 Å². The number of nitrogens with one attached hydrogen (secondary N) is 2. The fraction of sp³-hybridized carbons (Fsp3) is 0.419. The molecule has 2 aliphatic carbocycles. The highest BCUT2D eigenvalue weighted by Gasteiger charge is 2.49. The number of fused-ring (bicyclic) bond motifs is 3. The first-order valence-corrected chi connectivity index (χ1v) is 13.6. The van der Waals surface area contributed by atoms with Crippen LogP contribution in [0.4, 0.5) is 11.4 Å². The van der Waals surface area contributed by atoms with E-state index in [-0.39, 0.29) is 29.7 Å². The van der Waals surface area contributed by atoms with Gasteiger partial charge >= 0.3 is 0 Å². The molecule has 1 saturated heterocycles. The summed E-state index contributed by atoms with van der Waals surface area (Å²) in [5, 5.41) is 6.92. The summed E-state index contributed by atoms with van der Waals surface area (Å²) in [4.78, 5) is 29.7. The fourth-order valence-electron chi connectivity index (χ4n) is 7.01. The summed E-state index contributed by atoms with van der Waals surface area (Å²) in [6.45, 7) is 0.760. The van der Waals surface area contributed by atoms with Crippen LogP contribution in [-0.2, 0) is 9.59 Å². The number of hydrogen-bond donors (Lipinski definition) is 2. The third-order valence-electron chi connectivity index (χ3n) is 8.73. The van der Waals surface area contributed by atoms with Gasteiger partial charge in [-0.15, -0.1) is 0 Å². The van der Waals surface area contributed by atoms with E-state index >= 15 is 0 Å². The van der Waals surface area contributed by atoms with Crippen molar-refractivity contribution in [3.8, 4) is 0 Å². The van der Waals surface area contributed by atoms with Crippen LogP contribution < -0.4 is 10.6 Å². The first-order chi connectivity index (χ1) is 17.7. The second kappa shape index (κ2) is 9.96. The van der Waals surface area contributed by atoms with Gasteiger partial charge < -0.3 is 15.5 Å². The highest BCUT2D eigenvalue weighted by Crippen LogP contribution is 2.50. The summed E-state index contributed by atoms with van der Waals surface area (Å²) in [5.74, 6) is 0.418. The quantitative estimate of drug-likeness (QED) is 0.567. The third kappa shape index (κ3) is 4.25. The van der Waals surface area contributed by atoms with E-state index in [0.29, 0.717) is 17.9 Å². The van der Waals surface area contributed by atoms with E-state index in [2.05, 4.69) is 64.1 Å². The van der Waals surface area contributed by atoms with E-state index in [4.69, 9.17) is 0 Å². The van der Waals surface area contributed by atoms with Crippen LogP contribution in [0.25, 0.3) is 0 Å². The maximum atomic E-state index is 14.2. The molecular formula is C31H35N3O2. The van der Waals surface area contributed by atoms with Crippen LogP contribution in [0.2, 0.25) is 0 Å². The smallest absolute Gasteiger partial charge is 0.228 e. The Hall–Kier alpha value is -3.34. The zero-order valence-electron chi connectivity index (χ0n) is 20.7. The van der Waals surface area contributed by atoms with Crippen molar-refractivity contribution in [1.29, 1.82) is 0 Å². The van der Waals surface area contributed by atoms with E-state index in [9.17, 15) is 9.59 Å². The monoisotopic (exact) mass is 481 g/mol. The molecule has 186 valence electrons. The van der Waals surface area contributed by atoms with Gasteiger partial charge in [0.15, 0.2) is 0 Å². The number of para-hydroxylation sites is 2. The van der Waals surface area contributed by atoms with Crippen LogP contribution in [0.3, 0.4) is 0 Å². The molecule has 0 radical (unpaired) electrons. The average Bonchev–Trinajstić information content (AvgIpc) is 3.39. The van der Waals surface area contributed by atoms with Crippen molar-refractivity contribution in [2.75, 3.05) is 17.2 Å². The number of likely N-dealkylation sites (tertiary alicyclic amines) is 1. The largest absolute Gasteiger partial charge is 0.381 e. The molecule has 2 amide bonds. The predicted molar refractivity (Wildman–Crippen MR) is 143 cm³/mol. The molecule has 1 saturated carbocycles. The number of amides is 2. The van der Waals surface area contributed by atoms with Crippen LogP contribution in [0.1, 0.15) is 50.1 Å². The van der Waals surface area contributed by atoms with Crippen molar-refractivity contribution in [3.63, 3.8) is 0 Å². The lowest BCUT2D eigenvalue weighted by molar-refractivity contribution is -0.143. The van der Waals surface area contributed by atoms with Crippen molar-refractivity contribution in [2.24, 2.45) is 23.7 Å². The number of allylic oxidation sites excluding steroid dienone is 3. The Balaban J connectivity index is 1.27. The molecule has 6 rings (SSSR count). The van der Waals surface area contributed by atoms with Gasteiger partial charge in [-0.25, -0.2) is 0 Å². The molecule has 4 aliphatic rings. The number of carbonyl (C=O) groups is 2. The van der Waals surface area contributed by atoms with E-state index in [0.717, 1.165) is 56.4 Å². The van der Waals surface area contributed by atoms with Crippen LogP contribution in [0, 0.1) is 23.7 Å². The Morgan fingerprint density at radius 3 is 2.47 bits per heavy atom. The molecule has 2 aromatic carbocycles. The van der Waals surface area contributed by atoms with Gasteiger partial charge in [0, 0.05) is 47.6 Å². The minimum Gasteiger partial charge on any atom is -0.381 e. The van der Waals surface area contributed by atoms with Gasteiger partial charge in [-0.1, -0.05) is 73.5 Å². The lowest BCUT2D eigenvalue weighted by Crippen LogP contribution is -2.47. The number of benzene rings is 2. The Kier molecular flexibility index (Phi) is 6.39. The van der Waals surface area contributed by atoms with E-state index in [1.165, 1.54) is 5.56 Å². The fourth-order valence-corrected chi connectivity index (χ4v) is 7.01. The molecule has 5 nitrogen and oxygen atoms in total. The molecule has 2 aliphatic heterocycles. The molecule has 1 unspecified atom stereocenters. The number of hydrogen-bond acceptors (Lipinski definition) is 3. The van der Waals surface area contributed by atoms with Crippen LogP contribution in [-0.4, -0.2) is 29.3 Å². The Morgan fingerprint density at radius 1 is 0.889 bits per heavy atom. The molecule has 0 aromatic heterocycles. The Labute approximate surface area is 213 Å². The first kappa shape index (κ1) is 23.1.